The lowest BCUT2D eigenvalue weighted by atomic mass is 10.2. The van der Waals surface area contributed by atoms with Gasteiger partial charge in [-0.2, -0.15) is 0 Å². The number of aromatic amines is 1. The van der Waals surface area contributed by atoms with E-state index in [1.165, 1.54) is 29.8 Å². The zero-order chi connectivity index (χ0) is 11.7. The van der Waals surface area contributed by atoms with E-state index >= 15 is 0 Å². The molecule has 1 aliphatic heterocycles. The van der Waals surface area contributed by atoms with Gasteiger partial charge >= 0.3 is 0 Å². The summed E-state index contributed by atoms with van der Waals surface area (Å²) in [6.45, 7) is 4.72. The van der Waals surface area contributed by atoms with Crippen molar-refractivity contribution in [3.63, 3.8) is 0 Å². The van der Waals surface area contributed by atoms with Gasteiger partial charge in [0.15, 0.2) is 0 Å². The predicted octanol–water partition coefficient (Wildman–Crippen LogP) is -0.0114. The first kappa shape index (κ1) is 10.5. The first-order valence-corrected chi connectivity index (χ1v) is 6.30. The van der Waals surface area contributed by atoms with Crippen molar-refractivity contribution < 1.29 is 9.88 Å². The second-order valence-electron chi connectivity index (χ2n) is 4.87. The molecule has 1 aromatic heterocycles. The third-order valence-corrected chi connectivity index (χ3v) is 3.60. The smallest absolute Gasteiger partial charge is 0.275 e. The van der Waals surface area contributed by atoms with E-state index in [9.17, 15) is 0 Å². The second kappa shape index (κ2) is 4.34. The first-order chi connectivity index (χ1) is 8.33. The zero-order valence-electron chi connectivity index (χ0n) is 10.2. The number of nitrogens with zero attached hydrogens (tertiary/aromatic N) is 1. The number of pyridine rings is 1. The number of para-hydroxylation sites is 1. The number of benzene rings is 1. The van der Waals surface area contributed by atoms with Crippen LogP contribution in [0.4, 0.5) is 5.82 Å². The van der Waals surface area contributed by atoms with Crippen LogP contribution < -0.4 is 14.8 Å². The summed E-state index contributed by atoms with van der Waals surface area (Å²) in [5.41, 5.74) is 1.22. The first-order valence-electron chi connectivity index (χ1n) is 6.30. The number of quaternary nitrogens is 1. The summed E-state index contributed by atoms with van der Waals surface area (Å²) < 4.78 is 0. The largest absolute Gasteiger partial charge is 0.331 e. The van der Waals surface area contributed by atoms with Crippen molar-refractivity contribution in [2.75, 3.05) is 38.1 Å². The highest BCUT2D eigenvalue weighted by Crippen LogP contribution is 2.13. The molecule has 17 heavy (non-hydrogen) atoms. The third kappa shape index (κ3) is 2.11. The zero-order valence-corrected chi connectivity index (χ0v) is 10.2. The Morgan fingerprint density at radius 2 is 1.82 bits per heavy atom. The molecule has 3 heteroatoms. The Labute approximate surface area is 102 Å². The maximum Gasteiger partial charge on any atom is 0.275 e. The van der Waals surface area contributed by atoms with Crippen LogP contribution in [-0.4, -0.2) is 33.2 Å². The Hall–Kier alpha value is -1.61. The van der Waals surface area contributed by atoms with Crippen molar-refractivity contribution in [3.05, 3.63) is 36.4 Å². The molecule has 0 spiro atoms. The molecule has 0 bridgehead atoms. The molecular formula is C14H19N3+2. The monoisotopic (exact) mass is 229 g/mol. The van der Waals surface area contributed by atoms with Crippen LogP contribution in [0, 0.1) is 0 Å². The van der Waals surface area contributed by atoms with Crippen LogP contribution in [-0.2, 0) is 0 Å². The van der Waals surface area contributed by atoms with Gasteiger partial charge in [0, 0.05) is 11.5 Å². The molecule has 0 amide bonds. The number of anilines is 1. The molecule has 3 rings (SSSR count). The lowest BCUT2D eigenvalue weighted by Gasteiger charge is -2.25. The SMILES string of the molecule is C[NH+]1CCN(c2ccc3ccccc3[nH+]2)CC1. The maximum absolute atomic E-state index is 3.53. The summed E-state index contributed by atoms with van der Waals surface area (Å²) in [5.74, 6) is 1.25. The third-order valence-electron chi connectivity index (χ3n) is 3.60. The van der Waals surface area contributed by atoms with Crippen LogP contribution in [0.5, 0.6) is 0 Å². The molecule has 3 nitrogen and oxygen atoms in total. The topological polar surface area (TPSA) is 21.8 Å². The number of H-pyrrole nitrogens is 1. The van der Waals surface area contributed by atoms with E-state index in [0.29, 0.717) is 0 Å². The van der Waals surface area contributed by atoms with Gasteiger partial charge in [-0.25, -0.2) is 4.98 Å². The van der Waals surface area contributed by atoms with Crippen LogP contribution in [0.1, 0.15) is 0 Å². The molecule has 0 unspecified atom stereocenters. The number of likely N-dealkylation sites (N-methyl/N-ethyl adjacent to an activating group) is 1. The van der Waals surface area contributed by atoms with Crippen LogP contribution in [0.15, 0.2) is 36.4 Å². The summed E-state index contributed by atoms with van der Waals surface area (Å²) in [4.78, 5) is 7.60. The van der Waals surface area contributed by atoms with Gasteiger partial charge in [0.1, 0.15) is 31.7 Å². The van der Waals surface area contributed by atoms with E-state index in [0.717, 1.165) is 13.1 Å². The quantitative estimate of drug-likeness (QED) is 0.730. The van der Waals surface area contributed by atoms with E-state index in [4.69, 9.17) is 0 Å². The van der Waals surface area contributed by atoms with Gasteiger partial charge in [0.25, 0.3) is 5.82 Å². The number of rotatable bonds is 1. The Kier molecular flexibility index (Phi) is 2.69. The van der Waals surface area contributed by atoms with Gasteiger partial charge in [-0.1, -0.05) is 18.2 Å². The molecule has 88 valence electrons. The van der Waals surface area contributed by atoms with E-state index in [1.54, 1.807) is 4.90 Å². The van der Waals surface area contributed by atoms with Crippen LogP contribution in [0.3, 0.4) is 0 Å². The molecule has 0 atom stereocenters. The van der Waals surface area contributed by atoms with Crippen molar-refractivity contribution in [3.8, 4) is 0 Å². The molecular weight excluding hydrogens is 210 g/mol. The van der Waals surface area contributed by atoms with Gasteiger partial charge in [0.05, 0.1) is 7.05 Å². The summed E-state index contributed by atoms with van der Waals surface area (Å²) in [7, 11) is 2.27. The molecule has 0 aliphatic carbocycles. The second-order valence-corrected chi connectivity index (χ2v) is 4.87. The lowest BCUT2D eigenvalue weighted by molar-refractivity contribution is -0.880. The molecule has 1 fully saturated rings. The van der Waals surface area contributed by atoms with Gasteiger partial charge in [0.2, 0.25) is 0 Å². The lowest BCUT2D eigenvalue weighted by Crippen LogP contribution is -3.12. The van der Waals surface area contributed by atoms with Gasteiger partial charge in [-0.05, 0) is 12.1 Å². The molecule has 1 aliphatic rings. The molecule has 1 aromatic carbocycles. The highest BCUT2D eigenvalue weighted by Gasteiger charge is 2.23. The highest BCUT2D eigenvalue weighted by molar-refractivity contribution is 5.76. The minimum Gasteiger partial charge on any atom is -0.331 e. The number of nitrogens with one attached hydrogen (secondary N) is 2. The number of hydrogen-bond donors (Lipinski definition) is 1. The van der Waals surface area contributed by atoms with Gasteiger partial charge < -0.3 is 4.90 Å². The molecule has 2 aromatic rings. The molecule has 1 saturated heterocycles. The minimum atomic E-state index is 1.14. The Morgan fingerprint density at radius 3 is 2.65 bits per heavy atom. The van der Waals surface area contributed by atoms with E-state index < -0.39 is 0 Å². The number of aromatic nitrogens is 1. The fourth-order valence-electron chi connectivity index (χ4n) is 2.42. The van der Waals surface area contributed by atoms with Crippen LogP contribution in [0.2, 0.25) is 0 Å². The molecule has 2 N–H and O–H groups in total. The Morgan fingerprint density at radius 1 is 1.06 bits per heavy atom. The Bertz CT molecular complexity index is 516. The van der Waals surface area contributed by atoms with Crippen molar-refractivity contribution in [1.82, 2.24) is 0 Å². The minimum absolute atomic E-state index is 1.14. The van der Waals surface area contributed by atoms with E-state index in [1.807, 2.05) is 0 Å². The summed E-state index contributed by atoms with van der Waals surface area (Å²) in [6.07, 6.45) is 0. The average molecular weight is 229 g/mol. The van der Waals surface area contributed by atoms with Crippen LogP contribution in [0.25, 0.3) is 10.9 Å². The molecule has 0 saturated carbocycles. The van der Waals surface area contributed by atoms with E-state index in [2.05, 4.69) is 53.3 Å². The van der Waals surface area contributed by atoms with Gasteiger partial charge in [-0.3, -0.25) is 4.90 Å². The average Bonchev–Trinajstić information content (AvgIpc) is 2.39. The summed E-state index contributed by atoms with van der Waals surface area (Å²) in [5, 5.41) is 1.27. The van der Waals surface area contributed by atoms with Gasteiger partial charge in [-0.15, -0.1) is 0 Å². The number of piperazine rings is 1. The number of hydrogen-bond acceptors (Lipinski definition) is 1. The molecule has 0 radical (unpaired) electrons. The normalized spacial score (nSPS) is 17.6. The van der Waals surface area contributed by atoms with Crippen molar-refractivity contribution in [2.24, 2.45) is 0 Å². The number of fused-ring (bicyclic) bond motifs is 1. The Balaban J connectivity index is 1.90. The van der Waals surface area contributed by atoms with Crippen LogP contribution >= 0.6 is 0 Å². The van der Waals surface area contributed by atoms with Crippen molar-refractivity contribution in [1.29, 1.82) is 0 Å². The van der Waals surface area contributed by atoms with E-state index in [-0.39, 0.29) is 0 Å². The summed E-state index contributed by atoms with van der Waals surface area (Å²) >= 11 is 0. The fourth-order valence-corrected chi connectivity index (χ4v) is 2.42. The molecule has 2 heterocycles. The fraction of sp³-hybridized carbons (Fsp3) is 0.357. The van der Waals surface area contributed by atoms with Crippen molar-refractivity contribution in [2.45, 2.75) is 0 Å². The standard InChI is InChI=1S/C14H17N3/c1-16-8-10-17(11-9-16)14-7-6-12-4-2-3-5-13(12)15-14/h2-7H,8-11H2,1H3/p+2. The summed E-state index contributed by atoms with van der Waals surface area (Å²) in [6, 6.07) is 12.8. The predicted molar refractivity (Wildman–Crippen MR) is 69.3 cm³/mol. The highest BCUT2D eigenvalue weighted by atomic mass is 15.3. The van der Waals surface area contributed by atoms with Crippen molar-refractivity contribution >= 4 is 16.7 Å². The maximum atomic E-state index is 3.53.